The molecule has 3 N–H and O–H groups in total. The molecule has 0 radical (unpaired) electrons. The van der Waals surface area contributed by atoms with E-state index < -0.39 is 6.36 Å². The first-order valence-electron chi connectivity index (χ1n) is 6.21. The molecule has 118 valence electrons. The van der Waals surface area contributed by atoms with Crippen LogP contribution < -0.4 is 15.8 Å². The minimum Gasteiger partial charge on any atom is -0.406 e. The highest BCUT2D eigenvalue weighted by Gasteiger charge is 2.30. The summed E-state index contributed by atoms with van der Waals surface area (Å²) in [6.45, 7) is 2.65. The first-order chi connectivity index (χ1) is 9.80. The maximum Gasteiger partial charge on any atom is 0.573 e. The molecule has 0 heterocycles. The van der Waals surface area contributed by atoms with E-state index in [0.29, 0.717) is 12.1 Å². The van der Waals surface area contributed by atoms with E-state index in [1.807, 2.05) is 6.92 Å². The van der Waals surface area contributed by atoms with Crippen LogP contribution in [-0.2, 0) is 11.3 Å². The third-order valence-corrected chi connectivity index (χ3v) is 2.56. The Morgan fingerprint density at radius 2 is 1.95 bits per heavy atom. The SMILES string of the molecule is CO[C@H](C)CNC(N)=NCc1ccc(OC(F)(F)F)cc1. The largest absolute Gasteiger partial charge is 0.573 e. The molecule has 1 aromatic carbocycles. The number of nitrogens with two attached hydrogens (primary N) is 1. The third kappa shape index (κ3) is 7.40. The quantitative estimate of drug-likeness (QED) is 0.623. The van der Waals surface area contributed by atoms with Gasteiger partial charge in [0, 0.05) is 13.7 Å². The molecule has 0 aliphatic heterocycles. The average Bonchev–Trinajstić information content (AvgIpc) is 2.42. The standard InChI is InChI=1S/C13H18F3N3O2/c1-9(20-2)7-18-12(17)19-8-10-3-5-11(6-4-10)21-13(14,15)16/h3-6,9H,7-8H2,1-2H3,(H3,17,18,19)/t9-/m1/s1. The van der Waals surface area contributed by atoms with E-state index in [0.717, 1.165) is 0 Å². The van der Waals surface area contributed by atoms with E-state index in [-0.39, 0.29) is 24.4 Å². The second-order valence-corrected chi connectivity index (χ2v) is 4.32. The molecule has 0 saturated carbocycles. The van der Waals surface area contributed by atoms with Crippen LogP contribution in [0.1, 0.15) is 12.5 Å². The Bertz CT molecular complexity index is 461. The Kier molecular flexibility index (Phi) is 6.29. The van der Waals surface area contributed by atoms with E-state index in [9.17, 15) is 13.2 Å². The van der Waals surface area contributed by atoms with Crippen LogP contribution in [0.2, 0.25) is 0 Å². The minimum atomic E-state index is -4.69. The van der Waals surface area contributed by atoms with Crippen molar-refractivity contribution in [2.45, 2.75) is 25.9 Å². The summed E-state index contributed by atoms with van der Waals surface area (Å²) in [6.07, 6.45) is -4.69. The zero-order valence-electron chi connectivity index (χ0n) is 11.8. The van der Waals surface area contributed by atoms with Crippen LogP contribution in [0.3, 0.4) is 0 Å². The van der Waals surface area contributed by atoms with E-state index in [1.54, 1.807) is 7.11 Å². The molecule has 21 heavy (non-hydrogen) atoms. The minimum absolute atomic E-state index is 0.00227. The summed E-state index contributed by atoms with van der Waals surface area (Å²) in [7, 11) is 1.59. The molecule has 0 aliphatic carbocycles. The zero-order valence-corrected chi connectivity index (χ0v) is 11.8. The summed E-state index contributed by atoms with van der Waals surface area (Å²) < 4.78 is 44.8. The van der Waals surface area contributed by atoms with Gasteiger partial charge >= 0.3 is 6.36 Å². The van der Waals surface area contributed by atoms with Gasteiger partial charge in [-0.3, -0.25) is 0 Å². The van der Waals surface area contributed by atoms with E-state index in [2.05, 4.69) is 15.0 Å². The molecular formula is C13H18F3N3O2. The van der Waals surface area contributed by atoms with Gasteiger partial charge in [0.2, 0.25) is 0 Å². The monoisotopic (exact) mass is 305 g/mol. The van der Waals surface area contributed by atoms with Crippen LogP contribution in [0.25, 0.3) is 0 Å². The van der Waals surface area contributed by atoms with Gasteiger partial charge in [0.25, 0.3) is 0 Å². The third-order valence-electron chi connectivity index (χ3n) is 2.56. The molecule has 1 rings (SSSR count). The first-order valence-corrected chi connectivity index (χ1v) is 6.21. The van der Waals surface area contributed by atoms with Crippen molar-refractivity contribution in [1.29, 1.82) is 0 Å². The van der Waals surface area contributed by atoms with Gasteiger partial charge in [-0.15, -0.1) is 13.2 Å². The van der Waals surface area contributed by atoms with Crippen molar-refractivity contribution < 1.29 is 22.6 Å². The second-order valence-electron chi connectivity index (χ2n) is 4.32. The Morgan fingerprint density at radius 1 is 1.33 bits per heavy atom. The molecule has 0 aromatic heterocycles. The summed E-state index contributed by atoms with van der Waals surface area (Å²) in [5.41, 5.74) is 6.36. The molecule has 1 aromatic rings. The number of halogens is 3. The molecule has 0 aliphatic rings. The Hall–Kier alpha value is -1.96. The topological polar surface area (TPSA) is 68.9 Å². The number of rotatable bonds is 6. The number of nitrogens with one attached hydrogen (secondary N) is 1. The molecular weight excluding hydrogens is 287 g/mol. The Morgan fingerprint density at radius 3 is 2.48 bits per heavy atom. The molecule has 0 fully saturated rings. The predicted molar refractivity (Wildman–Crippen MR) is 72.9 cm³/mol. The second kappa shape index (κ2) is 7.72. The summed E-state index contributed by atoms with van der Waals surface area (Å²) in [4.78, 5) is 4.07. The number of ether oxygens (including phenoxy) is 2. The van der Waals surface area contributed by atoms with Gasteiger partial charge in [0.05, 0.1) is 12.6 Å². The molecule has 0 spiro atoms. The Labute approximate surface area is 120 Å². The molecule has 0 amide bonds. The summed E-state index contributed by atoms with van der Waals surface area (Å²) in [6, 6.07) is 5.45. The Balaban J connectivity index is 2.48. The predicted octanol–water partition coefficient (Wildman–Crippen LogP) is 2.02. The van der Waals surface area contributed by atoms with Gasteiger partial charge in [0.15, 0.2) is 5.96 Å². The molecule has 8 heteroatoms. The number of alkyl halides is 3. The van der Waals surface area contributed by atoms with E-state index in [4.69, 9.17) is 10.5 Å². The van der Waals surface area contributed by atoms with E-state index >= 15 is 0 Å². The lowest BCUT2D eigenvalue weighted by atomic mass is 10.2. The van der Waals surface area contributed by atoms with Gasteiger partial charge in [-0.1, -0.05) is 12.1 Å². The van der Waals surface area contributed by atoms with Crippen molar-refractivity contribution in [3.8, 4) is 5.75 Å². The van der Waals surface area contributed by atoms with Crippen molar-refractivity contribution in [2.75, 3.05) is 13.7 Å². The van der Waals surface area contributed by atoms with Crippen LogP contribution in [0.5, 0.6) is 5.75 Å². The maximum atomic E-state index is 12.0. The number of hydrogen-bond acceptors (Lipinski definition) is 3. The molecule has 0 unspecified atom stereocenters. The highest BCUT2D eigenvalue weighted by molar-refractivity contribution is 5.77. The molecule has 5 nitrogen and oxygen atoms in total. The van der Waals surface area contributed by atoms with Crippen molar-refractivity contribution in [1.82, 2.24) is 5.32 Å². The molecule has 0 saturated heterocycles. The number of hydrogen-bond donors (Lipinski definition) is 2. The highest BCUT2D eigenvalue weighted by Crippen LogP contribution is 2.22. The number of benzene rings is 1. The van der Waals surface area contributed by atoms with Gasteiger partial charge in [-0.2, -0.15) is 0 Å². The lowest BCUT2D eigenvalue weighted by Crippen LogP contribution is -2.37. The fraction of sp³-hybridized carbons (Fsp3) is 0.462. The smallest absolute Gasteiger partial charge is 0.406 e. The van der Waals surface area contributed by atoms with Gasteiger partial charge in [0.1, 0.15) is 5.75 Å². The summed E-state index contributed by atoms with van der Waals surface area (Å²) in [5.74, 6) is -0.0234. The average molecular weight is 305 g/mol. The van der Waals surface area contributed by atoms with Gasteiger partial charge in [-0.25, -0.2) is 4.99 Å². The van der Waals surface area contributed by atoms with Crippen molar-refractivity contribution in [2.24, 2.45) is 10.7 Å². The number of aliphatic imine (C=N–C) groups is 1. The van der Waals surface area contributed by atoms with Crippen LogP contribution in [0.4, 0.5) is 13.2 Å². The van der Waals surface area contributed by atoms with Crippen molar-refractivity contribution >= 4 is 5.96 Å². The summed E-state index contributed by atoms with van der Waals surface area (Å²) in [5, 5.41) is 2.88. The van der Waals surface area contributed by atoms with Gasteiger partial charge in [-0.05, 0) is 24.6 Å². The van der Waals surface area contributed by atoms with Crippen LogP contribution >= 0.6 is 0 Å². The fourth-order valence-electron chi connectivity index (χ4n) is 1.36. The zero-order chi connectivity index (χ0) is 15.9. The normalized spacial score (nSPS) is 13.9. The number of nitrogens with zero attached hydrogens (tertiary/aromatic N) is 1. The first kappa shape index (κ1) is 17.1. The molecule has 1 atom stereocenters. The van der Waals surface area contributed by atoms with Crippen molar-refractivity contribution in [3.05, 3.63) is 29.8 Å². The highest BCUT2D eigenvalue weighted by atomic mass is 19.4. The van der Waals surface area contributed by atoms with Crippen molar-refractivity contribution in [3.63, 3.8) is 0 Å². The molecule has 0 bridgehead atoms. The summed E-state index contributed by atoms with van der Waals surface area (Å²) >= 11 is 0. The van der Waals surface area contributed by atoms with Crippen LogP contribution in [0.15, 0.2) is 29.3 Å². The fourth-order valence-corrected chi connectivity index (χ4v) is 1.36. The lowest BCUT2D eigenvalue weighted by Gasteiger charge is -2.11. The lowest BCUT2D eigenvalue weighted by molar-refractivity contribution is -0.274. The maximum absolute atomic E-state index is 12.0. The number of methoxy groups -OCH3 is 1. The number of guanidine groups is 1. The van der Waals surface area contributed by atoms with E-state index in [1.165, 1.54) is 24.3 Å². The van der Waals surface area contributed by atoms with Gasteiger partial charge < -0.3 is 20.5 Å². The van der Waals surface area contributed by atoms with Crippen LogP contribution in [-0.4, -0.2) is 32.1 Å². The van der Waals surface area contributed by atoms with Crippen LogP contribution in [0, 0.1) is 0 Å².